The van der Waals surface area contributed by atoms with E-state index >= 15 is 0 Å². The summed E-state index contributed by atoms with van der Waals surface area (Å²) in [6.45, 7) is 6.55. The summed E-state index contributed by atoms with van der Waals surface area (Å²) in [5.74, 6) is -0.424. The zero-order valence-electron chi connectivity index (χ0n) is 12.2. The van der Waals surface area contributed by atoms with Crippen molar-refractivity contribution in [1.82, 2.24) is 0 Å². The van der Waals surface area contributed by atoms with E-state index in [1.807, 2.05) is 13.8 Å². The molecule has 0 fully saturated rings. The topological polar surface area (TPSA) is 61.8 Å². The molecule has 1 aliphatic rings. The SMILES string of the molecule is CCOC(=O)C(=O)c1cc(Br)c2c(c1C(C)C)OCCO2. The van der Waals surface area contributed by atoms with Gasteiger partial charge in [-0.3, -0.25) is 4.79 Å². The summed E-state index contributed by atoms with van der Waals surface area (Å²) in [7, 11) is 0. The fourth-order valence-electron chi connectivity index (χ4n) is 2.26. The van der Waals surface area contributed by atoms with Crippen LogP contribution < -0.4 is 9.47 Å². The van der Waals surface area contributed by atoms with Crippen LogP contribution >= 0.6 is 15.9 Å². The summed E-state index contributed by atoms with van der Waals surface area (Å²) < 4.78 is 16.6. The molecule has 0 atom stereocenters. The molecule has 6 heteroatoms. The van der Waals surface area contributed by atoms with Gasteiger partial charge in [0.2, 0.25) is 0 Å². The molecule has 0 amide bonds. The molecule has 0 saturated heterocycles. The zero-order valence-corrected chi connectivity index (χ0v) is 13.8. The van der Waals surface area contributed by atoms with Crippen LogP contribution in [0.2, 0.25) is 0 Å². The predicted octanol–water partition coefficient (Wildman–Crippen LogP) is 3.09. The number of ketones is 1. The van der Waals surface area contributed by atoms with Crippen LogP contribution in [0.1, 0.15) is 42.6 Å². The molecule has 5 nitrogen and oxygen atoms in total. The Morgan fingerprint density at radius 2 is 1.90 bits per heavy atom. The third-order valence-corrected chi connectivity index (χ3v) is 3.68. The molecule has 1 aliphatic heterocycles. The van der Waals surface area contributed by atoms with E-state index in [9.17, 15) is 9.59 Å². The van der Waals surface area contributed by atoms with Gasteiger partial charge in [-0.25, -0.2) is 4.79 Å². The molecule has 0 aliphatic carbocycles. The second-order valence-electron chi connectivity index (χ2n) is 4.88. The fourth-order valence-corrected chi connectivity index (χ4v) is 2.78. The second kappa shape index (κ2) is 6.47. The van der Waals surface area contributed by atoms with Crippen LogP contribution in [0, 0.1) is 0 Å². The van der Waals surface area contributed by atoms with E-state index in [1.165, 1.54) is 0 Å². The van der Waals surface area contributed by atoms with Gasteiger partial charge in [-0.05, 0) is 34.8 Å². The Kier molecular flexibility index (Phi) is 4.88. The monoisotopic (exact) mass is 356 g/mol. The lowest BCUT2D eigenvalue weighted by Gasteiger charge is -2.25. The third-order valence-electron chi connectivity index (χ3n) is 3.09. The maximum absolute atomic E-state index is 12.3. The third kappa shape index (κ3) is 3.05. The van der Waals surface area contributed by atoms with E-state index in [1.54, 1.807) is 13.0 Å². The van der Waals surface area contributed by atoms with Crippen molar-refractivity contribution in [2.75, 3.05) is 19.8 Å². The lowest BCUT2D eigenvalue weighted by Crippen LogP contribution is -2.23. The van der Waals surface area contributed by atoms with E-state index in [0.717, 1.165) is 0 Å². The molecule has 0 radical (unpaired) electrons. The van der Waals surface area contributed by atoms with E-state index in [0.29, 0.717) is 40.3 Å². The van der Waals surface area contributed by atoms with Crippen molar-refractivity contribution in [3.05, 3.63) is 21.7 Å². The standard InChI is InChI=1S/C15H17BrO5/c1-4-19-15(18)12(17)9-7-10(16)13-14(11(9)8(2)3)21-6-5-20-13/h7-8H,4-6H2,1-3H3. The number of ether oxygens (including phenoxy) is 3. The Hall–Kier alpha value is -1.56. The molecular weight excluding hydrogens is 340 g/mol. The zero-order chi connectivity index (χ0) is 15.6. The fraction of sp³-hybridized carbons (Fsp3) is 0.467. The lowest BCUT2D eigenvalue weighted by atomic mass is 9.93. The van der Waals surface area contributed by atoms with Crippen molar-refractivity contribution < 1.29 is 23.8 Å². The van der Waals surface area contributed by atoms with Crippen LogP contribution in [0.15, 0.2) is 10.5 Å². The van der Waals surface area contributed by atoms with Crippen LogP contribution in [0.4, 0.5) is 0 Å². The Labute approximate surface area is 131 Å². The van der Waals surface area contributed by atoms with Crippen LogP contribution in [-0.2, 0) is 9.53 Å². The minimum Gasteiger partial charge on any atom is -0.486 e. The highest BCUT2D eigenvalue weighted by molar-refractivity contribution is 9.10. The highest BCUT2D eigenvalue weighted by atomic mass is 79.9. The van der Waals surface area contributed by atoms with E-state index < -0.39 is 11.8 Å². The van der Waals surface area contributed by atoms with Crippen molar-refractivity contribution in [3.8, 4) is 11.5 Å². The number of halogens is 1. The molecule has 0 saturated carbocycles. The first-order chi connectivity index (χ1) is 9.97. The summed E-state index contributed by atoms with van der Waals surface area (Å²) in [5, 5.41) is 0. The first-order valence-corrected chi connectivity index (χ1v) is 7.60. The van der Waals surface area contributed by atoms with Gasteiger partial charge in [0.05, 0.1) is 11.1 Å². The van der Waals surface area contributed by atoms with Gasteiger partial charge < -0.3 is 14.2 Å². The Morgan fingerprint density at radius 3 is 2.48 bits per heavy atom. The van der Waals surface area contributed by atoms with E-state index in [2.05, 4.69) is 15.9 Å². The smallest absolute Gasteiger partial charge is 0.379 e. The Balaban J connectivity index is 2.57. The number of carbonyl (C=O) groups is 2. The summed E-state index contributed by atoms with van der Waals surface area (Å²) >= 11 is 3.36. The molecule has 1 heterocycles. The van der Waals surface area contributed by atoms with Crippen LogP contribution in [-0.4, -0.2) is 31.6 Å². The quantitative estimate of drug-likeness (QED) is 0.471. The van der Waals surface area contributed by atoms with Crippen molar-refractivity contribution >= 4 is 27.7 Å². The first-order valence-electron chi connectivity index (χ1n) is 6.80. The summed E-state index contributed by atoms with van der Waals surface area (Å²) in [4.78, 5) is 24.0. The maximum atomic E-state index is 12.3. The maximum Gasteiger partial charge on any atom is 0.379 e. The highest BCUT2D eigenvalue weighted by Gasteiger charge is 2.30. The average molecular weight is 357 g/mol. The summed E-state index contributed by atoms with van der Waals surface area (Å²) in [6.07, 6.45) is 0. The number of benzene rings is 1. The molecule has 2 rings (SSSR count). The molecule has 1 aromatic carbocycles. The number of esters is 1. The van der Waals surface area contributed by atoms with Gasteiger partial charge in [-0.2, -0.15) is 0 Å². The minimum absolute atomic E-state index is 0.00178. The van der Waals surface area contributed by atoms with Gasteiger partial charge in [0, 0.05) is 11.1 Å². The predicted molar refractivity (Wildman–Crippen MR) is 80.2 cm³/mol. The number of rotatable bonds is 4. The molecule has 0 aromatic heterocycles. The van der Waals surface area contributed by atoms with Crippen LogP contribution in [0.5, 0.6) is 11.5 Å². The number of fused-ring (bicyclic) bond motifs is 1. The Bertz CT molecular complexity index is 580. The number of Topliss-reactive ketones (excluding diaryl/α,β-unsaturated/α-hetero) is 1. The Morgan fingerprint density at radius 1 is 1.29 bits per heavy atom. The van der Waals surface area contributed by atoms with Crippen molar-refractivity contribution in [3.63, 3.8) is 0 Å². The van der Waals surface area contributed by atoms with Crippen LogP contribution in [0.3, 0.4) is 0 Å². The van der Waals surface area contributed by atoms with Gasteiger partial charge >= 0.3 is 5.97 Å². The molecular formula is C15H17BrO5. The van der Waals surface area contributed by atoms with Crippen molar-refractivity contribution in [2.45, 2.75) is 26.7 Å². The normalized spacial score (nSPS) is 13.2. The minimum atomic E-state index is -0.858. The molecule has 0 unspecified atom stereocenters. The largest absolute Gasteiger partial charge is 0.486 e. The highest BCUT2D eigenvalue weighted by Crippen LogP contribution is 2.45. The number of carbonyl (C=O) groups excluding carboxylic acids is 2. The molecule has 1 aromatic rings. The van der Waals surface area contributed by atoms with Gasteiger partial charge in [0.1, 0.15) is 13.2 Å². The molecule has 0 N–H and O–H groups in total. The van der Waals surface area contributed by atoms with Crippen molar-refractivity contribution in [1.29, 1.82) is 0 Å². The van der Waals surface area contributed by atoms with Gasteiger partial charge in [0.15, 0.2) is 11.5 Å². The molecule has 0 spiro atoms. The number of hydrogen-bond donors (Lipinski definition) is 0. The second-order valence-corrected chi connectivity index (χ2v) is 5.73. The van der Waals surface area contributed by atoms with Gasteiger partial charge in [-0.15, -0.1) is 0 Å². The van der Waals surface area contributed by atoms with E-state index in [-0.39, 0.29) is 12.5 Å². The summed E-state index contributed by atoms with van der Waals surface area (Å²) in [6, 6.07) is 1.60. The lowest BCUT2D eigenvalue weighted by molar-refractivity contribution is -0.137. The number of hydrogen-bond acceptors (Lipinski definition) is 5. The molecule has 21 heavy (non-hydrogen) atoms. The first kappa shape index (κ1) is 15.8. The van der Waals surface area contributed by atoms with Gasteiger partial charge in [0.25, 0.3) is 5.78 Å². The van der Waals surface area contributed by atoms with E-state index in [4.69, 9.17) is 14.2 Å². The van der Waals surface area contributed by atoms with Gasteiger partial charge in [-0.1, -0.05) is 13.8 Å². The molecule has 114 valence electrons. The summed E-state index contributed by atoms with van der Waals surface area (Å²) in [5.41, 5.74) is 0.963. The van der Waals surface area contributed by atoms with Crippen molar-refractivity contribution in [2.24, 2.45) is 0 Å². The molecule has 0 bridgehead atoms. The average Bonchev–Trinajstić information content (AvgIpc) is 2.46. The van der Waals surface area contributed by atoms with Crippen LogP contribution in [0.25, 0.3) is 0 Å².